The third-order valence-corrected chi connectivity index (χ3v) is 5.68. The zero-order valence-corrected chi connectivity index (χ0v) is 14.8. The number of nitrogens with zero attached hydrogens (tertiary/aromatic N) is 2. The predicted octanol–water partition coefficient (Wildman–Crippen LogP) is 3.57. The van der Waals surface area contributed by atoms with E-state index in [0.29, 0.717) is 5.41 Å². The Morgan fingerprint density at radius 2 is 2.15 bits per heavy atom. The van der Waals surface area contributed by atoms with E-state index in [9.17, 15) is 0 Å². The van der Waals surface area contributed by atoms with E-state index in [2.05, 4.69) is 53.1 Å². The van der Waals surface area contributed by atoms with Gasteiger partial charge in [0.05, 0.1) is 5.69 Å². The van der Waals surface area contributed by atoms with Crippen molar-refractivity contribution in [3.05, 3.63) is 26.9 Å². The maximum Gasteiger partial charge on any atom is 0.0686 e. The summed E-state index contributed by atoms with van der Waals surface area (Å²) in [6.07, 6.45) is 7.29. The van der Waals surface area contributed by atoms with Crippen molar-refractivity contribution in [1.29, 1.82) is 0 Å². The fourth-order valence-electron chi connectivity index (χ4n) is 3.59. The first-order chi connectivity index (χ1) is 9.67. The van der Waals surface area contributed by atoms with Crippen LogP contribution < -0.4 is 5.32 Å². The molecule has 2 saturated heterocycles. The van der Waals surface area contributed by atoms with Gasteiger partial charge in [0, 0.05) is 34.8 Å². The summed E-state index contributed by atoms with van der Waals surface area (Å²) in [5.74, 6) is 0. The third-order valence-electron chi connectivity index (χ3n) is 4.56. The summed E-state index contributed by atoms with van der Waals surface area (Å²) in [7, 11) is 0. The second kappa shape index (κ2) is 6.42. The fraction of sp³-hybridized carbons (Fsp3) is 0.667. The summed E-state index contributed by atoms with van der Waals surface area (Å²) < 4.78 is 2.13. The first-order valence-electron chi connectivity index (χ1n) is 7.40. The van der Waals surface area contributed by atoms with Crippen LogP contribution in [0.15, 0.2) is 21.2 Å². The molecule has 3 rings (SSSR count). The van der Waals surface area contributed by atoms with Crippen LogP contribution in [0.25, 0.3) is 0 Å². The molecule has 0 aliphatic carbocycles. The lowest BCUT2D eigenvalue weighted by Gasteiger charge is -2.45. The first kappa shape index (κ1) is 14.9. The number of nitrogens with one attached hydrogen (secondary N) is 1. The highest BCUT2D eigenvalue weighted by Gasteiger charge is 2.36. The van der Waals surface area contributed by atoms with Crippen molar-refractivity contribution in [2.45, 2.75) is 32.2 Å². The van der Waals surface area contributed by atoms with Crippen LogP contribution in [0.4, 0.5) is 0 Å². The van der Waals surface area contributed by atoms with E-state index in [1.54, 1.807) is 0 Å². The van der Waals surface area contributed by atoms with Crippen molar-refractivity contribution in [1.82, 2.24) is 15.2 Å². The molecule has 0 radical (unpaired) electrons. The van der Waals surface area contributed by atoms with Crippen molar-refractivity contribution >= 4 is 31.9 Å². The number of hydrogen-bond donors (Lipinski definition) is 1. The maximum atomic E-state index is 4.55. The lowest BCUT2D eigenvalue weighted by Crippen LogP contribution is -2.50. The number of pyridine rings is 1. The molecular formula is C15H21Br2N3. The Kier molecular flexibility index (Phi) is 4.80. The van der Waals surface area contributed by atoms with Gasteiger partial charge in [-0.15, -0.1) is 0 Å². The Morgan fingerprint density at radius 1 is 1.30 bits per heavy atom. The topological polar surface area (TPSA) is 28.2 Å². The van der Waals surface area contributed by atoms with Crippen molar-refractivity contribution in [3.8, 4) is 0 Å². The molecule has 2 fully saturated rings. The van der Waals surface area contributed by atoms with Crippen LogP contribution in [0, 0.1) is 5.41 Å². The number of piperidine rings is 2. The largest absolute Gasteiger partial charge is 0.316 e. The number of halogens is 2. The predicted molar refractivity (Wildman–Crippen MR) is 88.7 cm³/mol. The number of rotatable bonds is 2. The Balaban J connectivity index is 1.68. The molecule has 0 amide bonds. The normalized spacial score (nSPS) is 27.9. The molecular weight excluding hydrogens is 382 g/mol. The third kappa shape index (κ3) is 3.43. The van der Waals surface area contributed by atoms with Gasteiger partial charge in [-0.1, -0.05) is 0 Å². The molecule has 2 aliphatic heterocycles. The van der Waals surface area contributed by atoms with Gasteiger partial charge in [0.2, 0.25) is 0 Å². The molecule has 3 heterocycles. The van der Waals surface area contributed by atoms with Gasteiger partial charge < -0.3 is 5.32 Å². The molecule has 20 heavy (non-hydrogen) atoms. The van der Waals surface area contributed by atoms with Gasteiger partial charge in [0.25, 0.3) is 0 Å². The van der Waals surface area contributed by atoms with E-state index in [1.165, 1.54) is 51.9 Å². The lowest BCUT2D eigenvalue weighted by atomic mass is 9.74. The minimum Gasteiger partial charge on any atom is -0.316 e. The van der Waals surface area contributed by atoms with Gasteiger partial charge in [0.15, 0.2) is 0 Å². The van der Waals surface area contributed by atoms with Crippen LogP contribution in [-0.4, -0.2) is 36.1 Å². The van der Waals surface area contributed by atoms with E-state index < -0.39 is 0 Å². The number of likely N-dealkylation sites (tertiary alicyclic amines) is 1. The molecule has 1 N–H and O–H groups in total. The van der Waals surface area contributed by atoms with E-state index in [0.717, 1.165) is 21.2 Å². The molecule has 1 unspecified atom stereocenters. The summed E-state index contributed by atoms with van der Waals surface area (Å²) in [6.45, 7) is 5.76. The monoisotopic (exact) mass is 401 g/mol. The van der Waals surface area contributed by atoms with Crippen LogP contribution in [0.5, 0.6) is 0 Å². The van der Waals surface area contributed by atoms with E-state index >= 15 is 0 Å². The Bertz CT molecular complexity index is 467. The molecule has 1 aromatic heterocycles. The smallest absolute Gasteiger partial charge is 0.0686 e. The van der Waals surface area contributed by atoms with Crippen LogP contribution in [0.3, 0.4) is 0 Å². The van der Waals surface area contributed by atoms with Crippen LogP contribution in [-0.2, 0) is 6.54 Å². The van der Waals surface area contributed by atoms with Gasteiger partial charge in [-0.3, -0.25) is 9.88 Å². The van der Waals surface area contributed by atoms with Gasteiger partial charge in [0.1, 0.15) is 0 Å². The molecule has 1 aromatic rings. The summed E-state index contributed by atoms with van der Waals surface area (Å²) in [5, 5.41) is 3.59. The molecule has 5 heteroatoms. The van der Waals surface area contributed by atoms with Crippen molar-refractivity contribution in [3.63, 3.8) is 0 Å². The molecule has 0 aromatic carbocycles. The van der Waals surface area contributed by atoms with E-state index in [-0.39, 0.29) is 0 Å². The standard InChI is InChI=1S/C15H21Br2N3/c16-12-7-13(17)14(19-8-12)9-20-6-2-4-15(11-20)3-1-5-18-10-15/h7-8,18H,1-6,9-11H2. The minimum atomic E-state index is 0.512. The zero-order valence-electron chi connectivity index (χ0n) is 11.7. The second-order valence-corrected chi connectivity index (χ2v) is 7.95. The highest BCUT2D eigenvalue weighted by molar-refractivity contribution is 9.11. The van der Waals surface area contributed by atoms with E-state index in [1.807, 2.05) is 6.20 Å². The Morgan fingerprint density at radius 3 is 2.90 bits per heavy atom. The molecule has 110 valence electrons. The SMILES string of the molecule is Brc1cnc(CN2CCCC3(CCCNC3)C2)c(Br)c1. The molecule has 0 saturated carbocycles. The highest BCUT2D eigenvalue weighted by atomic mass is 79.9. The first-order valence-corrected chi connectivity index (χ1v) is 8.99. The molecule has 0 bridgehead atoms. The molecule has 1 atom stereocenters. The summed E-state index contributed by atoms with van der Waals surface area (Å²) in [6, 6.07) is 2.09. The van der Waals surface area contributed by atoms with Crippen LogP contribution >= 0.6 is 31.9 Å². The summed E-state index contributed by atoms with van der Waals surface area (Å²) >= 11 is 7.09. The van der Waals surface area contributed by atoms with E-state index in [4.69, 9.17) is 0 Å². The van der Waals surface area contributed by atoms with Crippen molar-refractivity contribution in [2.24, 2.45) is 5.41 Å². The molecule has 3 nitrogen and oxygen atoms in total. The molecule has 1 spiro atoms. The van der Waals surface area contributed by atoms with Gasteiger partial charge in [-0.05, 0) is 82.1 Å². The molecule has 2 aliphatic rings. The average Bonchev–Trinajstić information content (AvgIpc) is 2.43. The quantitative estimate of drug-likeness (QED) is 0.819. The van der Waals surface area contributed by atoms with Crippen LogP contribution in [0.2, 0.25) is 0 Å². The summed E-state index contributed by atoms with van der Waals surface area (Å²) in [4.78, 5) is 7.14. The maximum absolute atomic E-state index is 4.55. The lowest BCUT2D eigenvalue weighted by molar-refractivity contribution is 0.0592. The Hall–Kier alpha value is 0.0300. The second-order valence-electron chi connectivity index (χ2n) is 6.18. The van der Waals surface area contributed by atoms with Gasteiger partial charge in [-0.2, -0.15) is 0 Å². The fourth-order valence-corrected chi connectivity index (χ4v) is 4.71. The van der Waals surface area contributed by atoms with Crippen LogP contribution in [0.1, 0.15) is 31.4 Å². The number of hydrogen-bond acceptors (Lipinski definition) is 3. The number of aromatic nitrogens is 1. The highest BCUT2D eigenvalue weighted by Crippen LogP contribution is 2.36. The van der Waals surface area contributed by atoms with Gasteiger partial charge >= 0.3 is 0 Å². The Labute approximate surface area is 137 Å². The van der Waals surface area contributed by atoms with Crippen molar-refractivity contribution in [2.75, 3.05) is 26.2 Å². The summed E-state index contributed by atoms with van der Waals surface area (Å²) in [5.41, 5.74) is 1.66. The zero-order chi connectivity index (χ0) is 14.0. The van der Waals surface area contributed by atoms with Gasteiger partial charge in [-0.25, -0.2) is 0 Å². The average molecular weight is 403 g/mol. The minimum absolute atomic E-state index is 0.512. The van der Waals surface area contributed by atoms with Crippen molar-refractivity contribution < 1.29 is 0 Å².